The van der Waals surface area contributed by atoms with E-state index in [0.29, 0.717) is 27.8 Å². The molecule has 0 saturated carbocycles. The Balaban J connectivity index is 0.00000199. The number of carboxylic acids is 1. The van der Waals surface area contributed by atoms with Crippen LogP contribution in [0.15, 0.2) is 82.3 Å². The van der Waals surface area contributed by atoms with Crippen molar-refractivity contribution in [2.45, 2.75) is 40.7 Å². The highest BCUT2D eigenvalue weighted by molar-refractivity contribution is 5.94. The zero-order valence-electron chi connectivity index (χ0n) is 20.1. The summed E-state index contributed by atoms with van der Waals surface area (Å²) in [5, 5.41) is 13.1. The van der Waals surface area contributed by atoms with Crippen molar-refractivity contribution >= 4 is 28.2 Å². The third kappa shape index (κ3) is 5.90. The summed E-state index contributed by atoms with van der Waals surface area (Å²) < 4.78 is 19.9. The zero-order chi connectivity index (χ0) is 25.4. The van der Waals surface area contributed by atoms with Gasteiger partial charge in [-0.2, -0.15) is 0 Å². The lowest BCUT2D eigenvalue weighted by Gasteiger charge is -2.19. The molecule has 178 valence electrons. The third-order valence-electron chi connectivity index (χ3n) is 5.08. The van der Waals surface area contributed by atoms with Crippen molar-refractivity contribution in [3.8, 4) is 0 Å². The highest BCUT2D eigenvalue weighted by Gasteiger charge is 2.18. The number of halogens is 1. The summed E-state index contributed by atoms with van der Waals surface area (Å²) in [7, 11) is 0. The van der Waals surface area contributed by atoms with E-state index in [1.54, 1.807) is 37.3 Å². The van der Waals surface area contributed by atoms with Gasteiger partial charge in [-0.25, -0.2) is 9.18 Å². The maximum atomic E-state index is 13.8. The molecule has 0 saturated heterocycles. The second kappa shape index (κ2) is 11.8. The fourth-order valence-corrected chi connectivity index (χ4v) is 3.51. The smallest absolute Gasteiger partial charge is 0.337 e. The summed E-state index contributed by atoms with van der Waals surface area (Å²) in [6.45, 7) is 12.8. The average Bonchev–Trinajstić information content (AvgIpc) is 2.83. The Bertz CT molecular complexity index is 1320. The fraction of sp³-hybridized carbons (Fsp3) is 0.214. The number of carboxylic acid groups (broad SMARTS) is 1. The summed E-state index contributed by atoms with van der Waals surface area (Å²) in [6, 6.07) is 11.2. The quantitative estimate of drug-likeness (QED) is 0.356. The second-order valence-corrected chi connectivity index (χ2v) is 7.40. The number of nitrogens with one attached hydrogen (secondary N) is 1. The Morgan fingerprint density at radius 1 is 1.21 bits per heavy atom. The van der Waals surface area contributed by atoms with Gasteiger partial charge in [-0.15, -0.1) is 0 Å². The Hall–Kier alpha value is -3.93. The van der Waals surface area contributed by atoms with Crippen molar-refractivity contribution in [1.82, 2.24) is 0 Å². The first-order valence-corrected chi connectivity index (χ1v) is 11.1. The first kappa shape index (κ1) is 26.3. The molecule has 2 aromatic carbocycles. The SMILES string of the molecule is C=C/C(F)=C\C(=C/C)c1cc(=O)c2cc(C)cc(C(C)Nc3ccccc3C(=O)O)c2o1.CC. The predicted octanol–water partition coefficient (Wildman–Crippen LogP) is 7.44. The molecule has 0 aliphatic carbocycles. The third-order valence-corrected chi connectivity index (χ3v) is 5.08. The number of hydrogen-bond acceptors (Lipinski definition) is 4. The molecule has 6 heteroatoms. The molecule has 3 aromatic rings. The maximum absolute atomic E-state index is 13.8. The standard InChI is InChI=1S/C26H24FNO4.C2H6/c1-5-17(13-18(27)6-2)24-14-23(29)21-12-15(3)11-20(25(21)32-24)16(4)28-22-10-8-7-9-19(22)26(30)31;1-2/h5-14,16,28H,2H2,1,3-4H3,(H,30,31);1-2H3/b17-5+,18-13+;. The predicted molar refractivity (Wildman–Crippen MR) is 137 cm³/mol. The van der Waals surface area contributed by atoms with Crippen LogP contribution in [-0.4, -0.2) is 11.1 Å². The highest BCUT2D eigenvalue weighted by atomic mass is 19.1. The van der Waals surface area contributed by atoms with Crippen LogP contribution in [0.1, 0.15) is 61.0 Å². The first-order valence-electron chi connectivity index (χ1n) is 11.1. The van der Waals surface area contributed by atoms with Gasteiger partial charge < -0.3 is 14.8 Å². The molecule has 2 N–H and O–H groups in total. The van der Waals surface area contributed by atoms with Crippen LogP contribution >= 0.6 is 0 Å². The minimum absolute atomic E-state index is 0.139. The van der Waals surface area contributed by atoms with Gasteiger partial charge in [-0.3, -0.25) is 4.79 Å². The average molecular weight is 464 g/mol. The largest absolute Gasteiger partial charge is 0.478 e. The molecule has 1 aromatic heterocycles. The molecular formula is C28H30FNO4. The van der Waals surface area contributed by atoms with E-state index in [9.17, 15) is 19.1 Å². The Kier molecular flexibility index (Phi) is 9.13. The van der Waals surface area contributed by atoms with Crippen LogP contribution < -0.4 is 10.7 Å². The lowest BCUT2D eigenvalue weighted by Crippen LogP contribution is -2.12. The van der Waals surface area contributed by atoms with Gasteiger partial charge in [0.15, 0.2) is 5.43 Å². The zero-order valence-corrected chi connectivity index (χ0v) is 20.1. The fourth-order valence-electron chi connectivity index (χ4n) is 3.51. The van der Waals surface area contributed by atoms with Gasteiger partial charge in [0.25, 0.3) is 0 Å². The number of aryl methyl sites for hydroxylation is 1. The molecule has 1 atom stereocenters. The van der Waals surface area contributed by atoms with Crippen molar-refractivity contribution in [2.24, 2.45) is 0 Å². The van der Waals surface area contributed by atoms with Crippen LogP contribution in [0.25, 0.3) is 16.5 Å². The normalized spacial score (nSPS) is 12.5. The van der Waals surface area contributed by atoms with Crippen LogP contribution in [0.5, 0.6) is 0 Å². The van der Waals surface area contributed by atoms with E-state index in [0.717, 1.165) is 11.6 Å². The van der Waals surface area contributed by atoms with Crippen LogP contribution in [0.2, 0.25) is 0 Å². The van der Waals surface area contributed by atoms with E-state index in [4.69, 9.17) is 4.42 Å². The van der Waals surface area contributed by atoms with Gasteiger partial charge in [0.05, 0.1) is 17.0 Å². The van der Waals surface area contributed by atoms with E-state index in [2.05, 4.69) is 11.9 Å². The van der Waals surface area contributed by atoms with Crippen molar-refractivity contribution in [1.29, 1.82) is 0 Å². The number of fused-ring (bicyclic) bond motifs is 1. The van der Waals surface area contributed by atoms with Gasteiger partial charge in [-0.1, -0.05) is 44.7 Å². The highest BCUT2D eigenvalue weighted by Crippen LogP contribution is 2.30. The van der Waals surface area contributed by atoms with E-state index >= 15 is 0 Å². The van der Waals surface area contributed by atoms with Gasteiger partial charge in [0, 0.05) is 22.9 Å². The summed E-state index contributed by atoms with van der Waals surface area (Å²) in [6.07, 6.45) is 3.96. The van der Waals surface area contributed by atoms with E-state index in [1.165, 1.54) is 18.2 Å². The molecule has 3 rings (SSSR count). The molecule has 0 fully saturated rings. The summed E-state index contributed by atoms with van der Waals surface area (Å²) in [5.74, 6) is -1.37. The van der Waals surface area contributed by atoms with Gasteiger partial charge >= 0.3 is 5.97 Å². The van der Waals surface area contributed by atoms with Crippen LogP contribution in [0, 0.1) is 6.92 Å². The number of allylic oxidation sites excluding steroid dienone is 5. The molecule has 0 aliphatic heterocycles. The topological polar surface area (TPSA) is 79.5 Å². The van der Waals surface area contributed by atoms with Crippen LogP contribution in [0.4, 0.5) is 10.1 Å². The van der Waals surface area contributed by atoms with Crippen LogP contribution in [-0.2, 0) is 0 Å². The molecule has 5 nitrogen and oxygen atoms in total. The van der Waals surface area contributed by atoms with Crippen molar-refractivity contribution in [3.05, 3.63) is 106 Å². The molecule has 0 aliphatic rings. The molecule has 1 unspecified atom stereocenters. The van der Waals surface area contributed by atoms with Crippen molar-refractivity contribution in [2.75, 3.05) is 5.32 Å². The lowest BCUT2D eigenvalue weighted by molar-refractivity contribution is 0.0698. The monoisotopic (exact) mass is 463 g/mol. The number of hydrogen-bond donors (Lipinski definition) is 2. The van der Waals surface area contributed by atoms with Crippen molar-refractivity contribution < 1.29 is 18.7 Å². The molecule has 0 amide bonds. The Morgan fingerprint density at radius 3 is 2.50 bits per heavy atom. The Morgan fingerprint density at radius 2 is 1.88 bits per heavy atom. The number of rotatable bonds is 7. The maximum Gasteiger partial charge on any atom is 0.337 e. The first-order chi connectivity index (χ1) is 16.2. The van der Waals surface area contributed by atoms with Gasteiger partial charge in [-0.05, 0) is 56.7 Å². The molecule has 0 radical (unpaired) electrons. The van der Waals surface area contributed by atoms with Crippen LogP contribution in [0.3, 0.4) is 0 Å². The summed E-state index contributed by atoms with van der Waals surface area (Å²) in [5.41, 5.74) is 2.64. The van der Waals surface area contributed by atoms with E-state index < -0.39 is 11.8 Å². The lowest BCUT2D eigenvalue weighted by atomic mass is 10.00. The molecule has 0 bridgehead atoms. The van der Waals surface area contributed by atoms with E-state index in [-0.39, 0.29) is 22.8 Å². The number of aromatic carboxylic acids is 1. The summed E-state index contributed by atoms with van der Waals surface area (Å²) in [4.78, 5) is 24.5. The minimum atomic E-state index is -1.04. The van der Waals surface area contributed by atoms with Crippen molar-refractivity contribution in [3.63, 3.8) is 0 Å². The number of benzene rings is 2. The number of para-hydroxylation sites is 1. The minimum Gasteiger partial charge on any atom is -0.478 e. The van der Waals surface area contributed by atoms with E-state index in [1.807, 2.05) is 33.8 Å². The second-order valence-electron chi connectivity index (χ2n) is 7.40. The Labute approximate surface area is 198 Å². The summed E-state index contributed by atoms with van der Waals surface area (Å²) >= 11 is 0. The molecule has 34 heavy (non-hydrogen) atoms. The van der Waals surface area contributed by atoms with Gasteiger partial charge in [0.1, 0.15) is 17.2 Å². The van der Waals surface area contributed by atoms with Gasteiger partial charge in [0.2, 0.25) is 0 Å². The molecular weight excluding hydrogens is 433 g/mol. The molecule has 1 heterocycles. The molecule has 0 spiro atoms. The number of anilines is 1. The number of carbonyl (C=O) groups is 1.